The molecule has 0 unspecified atom stereocenters. The molecule has 10 heavy (non-hydrogen) atoms. The van der Waals surface area contributed by atoms with Crippen LogP contribution in [0.3, 0.4) is 0 Å². The Bertz CT molecular complexity index is 66.8. The Labute approximate surface area is 67.6 Å². The van der Waals surface area contributed by atoms with E-state index in [1.54, 1.807) is 0 Å². The van der Waals surface area contributed by atoms with Crippen LogP contribution in [0.25, 0.3) is 0 Å². The van der Waals surface area contributed by atoms with E-state index in [2.05, 4.69) is 34.2 Å². The molecule has 0 fully saturated rings. The van der Waals surface area contributed by atoms with Gasteiger partial charge < -0.3 is 0 Å². The summed E-state index contributed by atoms with van der Waals surface area (Å²) in [6, 6.07) is 2.98. The Morgan fingerprint density at radius 1 is 0.900 bits per heavy atom. The van der Waals surface area contributed by atoms with Gasteiger partial charge in [0, 0.05) is 8.80 Å². The van der Waals surface area contributed by atoms with Crippen LogP contribution in [0.1, 0.15) is 27.7 Å². The molecule has 0 aliphatic carbocycles. The third kappa shape index (κ3) is 6.34. The average Bonchev–Trinajstić information content (AvgIpc) is 1.58. The molecule has 0 bridgehead atoms. The van der Waals surface area contributed by atoms with Gasteiger partial charge in [0.1, 0.15) is 0 Å². The first-order valence-corrected chi connectivity index (χ1v) is 6.75. The molecule has 0 saturated heterocycles. The Hall–Kier alpha value is 0.217. The van der Waals surface area contributed by atoms with Gasteiger partial charge in [-0.25, -0.2) is 0 Å². The van der Waals surface area contributed by atoms with Gasteiger partial charge in [-0.1, -0.05) is 46.3 Å². The highest BCUT2D eigenvalue weighted by atomic mass is 28.3. The van der Waals surface area contributed by atoms with Gasteiger partial charge in [-0.3, -0.25) is 0 Å². The fourth-order valence-corrected chi connectivity index (χ4v) is 4.43. The van der Waals surface area contributed by atoms with Gasteiger partial charge in [0.2, 0.25) is 0 Å². The molecule has 0 aliphatic rings. The van der Waals surface area contributed by atoms with Gasteiger partial charge in [0.05, 0.1) is 0 Å². The molecule has 0 aromatic rings. The lowest BCUT2D eigenvalue weighted by Gasteiger charge is -2.13. The Kier molecular flexibility index (Phi) is 5.05. The maximum atomic E-state index is 2.46. The first kappa shape index (κ1) is 10.2. The largest absolute Gasteiger partial charge is 0.0711 e. The summed E-state index contributed by atoms with van der Waals surface area (Å²) in [5.74, 6) is 1.83. The van der Waals surface area contributed by atoms with E-state index in [0.717, 1.165) is 11.8 Å². The van der Waals surface area contributed by atoms with Crippen molar-refractivity contribution < 1.29 is 0 Å². The zero-order valence-electron chi connectivity index (χ0n) is 8.07. The van der Waals surface area contributed by atoms with Crippen molar-refractivity contribution in [3.05, 3.63) is 0 Å². The zero-order valence-corrected chi connectivity index (χ0v) is 9.07. The summed E-state index contributed by atoms with van der Waals surface area (Å²) in [6.45, 7) is 11.8. The maximum Gasteiger partial charge on any atom is 0.0451 e. The molecule has 0 amide bonds. The highest BCUT2D eigenvalue weighted by Crippen LogP contribution is 2.13. The van der Waals surface area contributed by atoms with Crippen molar-refractivity contribution in [2.75, 3.05) is 0 Å². The van der Waals surface area contributed by atoms with Gasteiger partial charge in [-0.15, -0.1) is 0 Å². The van der Waals surface area contributed by atoms with Gasteiger partial charge in [-0.2, -0.15) is 0 Å². The van der Waals surface area contributed by atoms with E-state index in [1.165, 1.54) is 12.1 Å². The summed E-state index contributed by atoms with van der Waals surface area (Å²) in [5.41, 5.74) is 0. The van der Waals surface area contributed by atoms with Crippen LogP contribution in [-0.2, 0) is 0 Å². The fourth-order valence-electron chi connectivity index (χ4n) is 1.48. The summed E-state index contributed by atoms with van der Waals surface area (Å²) in [7, 11) is 0.0113. The van der Waals surface area contributed by atoms with Crippen molar-refractivity contribution >= 4 is 8.80 Å². The third-order valence-corrected chi connectivity index (χ3v) is 4.54. The summed E-state index contributed by atoms with van der Waals surface area (Å²) >= 11 is 0. The highest BCUT2D eigenvalue weighted by Gasteiger charge is 2.08. The van der Waals surface area contributed by atoms with E-state index < -0.39 is 0 Å². The molecule has 1 radical (unpaired) electrons. The Morgan fingerprint density at radius 2 is 1.20 bits per heavy atom. The smallest absolute Gasteiger partial charge is 0.0451 e. The van der Waals surface area contributed by atoms with Gasteiger partial charge in [0.25, 0.3) is 0 Å². The van der Waals surface area contributed by atoms with Crippen LogP contribution in [0.2, 0.25) is 18.6 Å². The molecule has 0 saturated carbocycles. The van der Waals surface area contributed by atoms with E-state index >= 15 is 0 Å². The Balaban J connectivity index is 3.34. The van der Waals surface area contributed by atoms with Gasteiger partial charge in [0.15, 0.2) is 0 Å². The van der Waals surface area contributed by atoms with Crippen molar-refractivity contribution in [1.82, 2.24) is 0 Å². The second-order valence-corrected chi connectivity index (χ2v) is 6.88. The monoisotopic (exact) mass is 157 g/mol. The molecule has 0 atom stereocenters. The van der Waals surface area contributed by atoms with Crippen molar-refractivity contribution in [2.45, 2.75) is 46.3 Å². The quantitative estimate of drug-likeness (QED) is 0.549. The average molecular weight is 157 g/mol. The van der Waals surface area contributed by atoms with Gasteiger partial charge in [-0.05, 0) is 11.8 Å². The normalized spacial score (nSPS) is 12.0. The Morgan fingerprint density at radius 3 is 1.40 bits per heavy atom. The van der Waals surface area contributed by atoms with E-state index in [0.29, 0.717) is 0 Å². The molecule has 0 aromatic heterocycles. The van der Waals surface area contributed by atoms with E-state index in [-0.39, 0.29) is 8.80 Å². The topological polar surface area (TPSA) is 0 Å². The predicted molar refractivity (Wildman–Crippen MR) is 50.9 cm³/mol. The highest BCUT2D eigenvalue weighted by molar-refractivity contribution is 6.57. The van der Waals surface area contributed by atoms with Crippen molar-refractivity contribution in [3.8, 4) is 0 Å². The molecule has 0 heterocycles. The summed E-state index contributed by atoms with van der Waals surface area (Å²) in [5, 5.41) is 0. The minimum atomic E-state index is 0.0113. The first-order chi connectivity index (χ1) is 4.52. The van der Waals surface area contributed by atoms with Crippen molar-refractivity contribution in [3.63, 3.8) is 0 Å². The lowest BCUT2D eigenvalue weighted by atomic mass is 10.3. The number of hydrogen-bond donors (Lipinski definition) is 0. The summed E-state index contributed by atoms with van der Waals surface area (Å²) in [4.78, 5) is 0. The molecule has 1 heteroatoms. The van der Waals surface area contributed by atoms with Crippen LogP contribution >= 0.6 is 0 Å². The second kappa shape index (κ2) is 4.95. The lowest BCUT2D eigenvalue weighted by Crippen LogP contribution is -2.12. The molecule has 0 aromatic carbocycles. The third-order valence-electron chi connectivity index (χ3n) is 1.51. The molecule has 0 aliphatic heterocycles. The minimum Gasteiger partial charge on any atom is -0.0711 e. The van der Waals surface area contributed by atoms with Crippen molar-refractivity contribution in [1.29, 1.82) is 0 Å². The summed E-state index contributed by atoms with van der Waals surface area (Å²) < 4.78 is 0. The SMILES string of the molecule is CC(C)C[Si](C)CC(C)C. The molecular weight excluding hydrogens is 136 g/mol. The summed E-state index contributed by atoms with van der Waals surface area (Å²) in [6.07, 6.45) is 0. The predicted octanol–water partition coefficient (Wildman–Crippen LogP) is 3.42. The van der Waals surface area contributed by atoms with Crippen LogP contribution < -0.4 is 0 Å². The molecule has 0 nitrogen and oxygen atoms in total. The van der Waals surface area contributed by atoms with Crippen LogP contribution in [0.4, 0.5) is 0 Å². The lowest BCUT2D eigenvalue weighted by molar-refractivity contribution is 0.692. The molecular formula is C9H21Si. The van der Waals surface area contributed by atoms with Gasteiger partial charge >= 0.3 is 0 Å². The molecule has 0 spiro atoms. The number of rotatable bonds is 4. The maximum absolute atomic E-state index is 2.46. The van der Waals surface area contributed by atoms with E-state index in [9.17, 15) is 0 Å². The van der Waals surface area contributed by atoms with Crippen LogP contribution in [0.5, 0.6) is 0 Å². The zero-order chi connectivity index (χ0) is 8.15. The molecule has 0 N–H and O–H groups in total. The number of hydrogen-bond acceptors (Lipinski definition) is 0. The van der Waals surface area contributed by atoms with Crippen LogP contribution in [0.15, 0.2) is 0 Å². The fraction of sp³-hybridized carbons (Fsp3) is 1.00. The van der Waals surface area contributed by atoms with E-state index in [4.69, 9.17) is 0 Å². The van der Waals surface area contributed by atoms with E-state index in [1.807, 2.05) is 0 Å². The minimum absolute atomic E-state index is 0.0113. The second-order valence-electron chi connectivity index (χ2n) is 4.15. The molecule has 0 rings (SSSR count). The van der Waals surface area contributed by atoms with Crippen LogP contribution in [-0.4, -0.2) is 8.80 Å². The van der Waals surface area contributed by atoms with Crippen LogP contribution in [0, 0.1) is 11.8 Å². The molecule has 61 valence electrons. The standard InChI is InChI=1S/C9H21Si/c1-8(2)6-10(5)7-9(3)4/h8-9H,6-7H2,1-5H3. The first-order valence-electron chi connectivity index (χ1n) is 4.33. The van der Waals surface area contributed by atoms with Crippen molar-refractivity contribution in [2.24, 2.45) is 11.8 Å².